The average Bonchev–Trinajstić information content (AvgIpc) is 2.69. The fourth-order valence-corrected chi connectivity index (χ4v) is 7.39. The van der Waals surface area contributed by atoms with Crippen LogP contribution in [0.3, 0.4) is 0 Å². The van der Waals surface area contributed by atoms with Gasteiger partial charge in [0.1, 0.15) is 0 Å². The van der Waals surface area contributed by atoms with Crippen LogP contribution in [-0.4, -0.2) is 18.5 Å². The molecule has 1 heterocycles. The second-order valence-electron chi connectivity index (χ2n) is 4.21. The Balaban J connectivity index is 2.31. The van der Waals surface area contributed by atoms with Crippen molar-refractivity contribution in [2.45, 2.75) is 19.8 Å². The van der Waals surface area contributed by atoms with Gasteiger partial charge in [-0.05, 0) is 0 Å². The second-order valence-corrected chi connectivity index (χ2v) is 9.05. The van der Waals surface area contributed by atoms with Crippen molar-refractivity contribution in [1.82, 2.24) is 0 Å². The molecule has 72 valence electrons. The second kappa shape index (κ2) is 3.80. The molecule has 0 nitrogen and oxygen atoms in total. The van der Waals surface area contributed by atoms with Gasteiger partial charge in [-0.15, -0.1) is 0 Å². The summed E-state index contributed by atoms with van der Waals surface area (Å²) in [6.07, 6.45) is 7.47. The summed E-state index contributed by atoms with van der Waals surface area (Å²) in [4.78, 5) is 0. The summed E-state index contributed by atoms with van der Waals surface area (Å²) in [6, 6.07) is 11.3. The molecule has 1 fully saturated rings. The average molecular weight is 194 g/mol. The summed E-state index contributed by atoms with van der Waals surface area (Å²) in [6.45, 7) is 2.39. The Bertz CT molecular complexity index is 260. The van der Waals surface area contributed by atoms with Crippen LogP contribution < -0.4 is 5.30 Å². The van der Waals surface area contributed by atoms with Gasteiger partial charge in [-0.25, -0.2) is 0 Å². The standard InChI is InChI=1S/C12H19P/c1-2-13(10-6-7-11-13)12-8-4-3-5-9-12/h3-5,8-9,13H,2,6-7,10-11H2,1H3. The number of hydrogen-bond acceptors (Lipinski definition) is 0. The first-order valence-corrected chi connectivity index (χ1v) is 8.05. The fraction of sp³-hybridized carbons (Fsp3) is 0.500. The fourth-order valence-electron chi connectivity index (χ4n) is 2.69. The van der Waals surface area contributed by atoms with Crippen LogP contribution in [0.1, 0.15) is 19.8 Å². The Kier molecular flexibility index (Phi) is 2.69. The molecule has 1 aliphatic heterocycles. The van der Waals surface area contributed by atoms with E-state index in [1.807, 2.05) is 0 Å². The topological polar surface area (TPSA) is 0 Å². The Hall–Kier alpha value is -0.350. The van der Waals surface area contributed by atoms with E-state index in [1.165, 1.54) is 31.3 Å². The normalized spacial score (nSPS) is 22.8. The zero-order valence-corrected chi connectivity index (χ0v) is 9.42. The molecule has 0 unspecified atom stereocenters. The number of rotatable bonds is 2. The molecule has 0 aromatic heterocycles. The Morgan fingerprint density at radius 3 is 2.23 bits per heavy atom. The molecular weight excluding hydrogens is 175 g/mol. The van der Waals surface area contributed by atoms with E-state index >= 15 is 0 Å². The molecule has 1 saturated heterocycles. The number of benzene rings is 1. The molecule has 0 atom stereocenters. The van der Waals surface area contributed by atoms with Gasteiger partial charge in [0.25, 0.3) is 0 Å². The quantitative estimate of drug-likeness (QED) is 0.635. The minimum absolute atomic E-state index is 0.982. The predicted molar refractivity (Wildman–Crippen MR) is 63.9 cm³/mol. The number of hydrogen-bond donors (Lipinski definition) is 0. The third-order valence-electron chi connectivity index (χ3n) is 3.62. The van der Waals surface area contributed by atoms with Crippen molar-refractivity contribution in [2.75, 3.05) is 18.5 Å². The first kappa shape index (κ1) is 9.21. The molecule has 0 bridgehead atoms. The summed E-state index contributed by atoms with van der Waals surface area (Å²) in [5.41, 5.74) is 0. The van der Waals surface area contributed by atoms with E-state index in [-0.39, 0.29) is 0 Å². The summed E-state index contributed by atoms with van der Waals surface area (Å²) in [5, 5.41) is 1.70. The summed E-state index contributed by atoms with van der Waals surface area (Å²) < 4.78 is 0. The SMILES string of the molecule is CC[PH]1(c2ccccc2)CCCC1. The van der Waals surface area contributed by atoms with Gasteiger partial charge in [0.15, 0.2) is 0 Å². The Labute approximate surface area is 81.7 Å². The predicted octanol–water partition coefficient (Wildman–Crippen LogP) is 2.88. The summed E-state index contributed by atoms with van der Waals surface area (Å²) in [5.74, 6) is 0. The first-order valence-electron chi connectivity index (χ1n) is 5.43. The molecule has 1 aromatic rings. The maximum atomic E-state index is 2.39. The minimum atomic E-state index is -0.982. The van der Waals surface area contributed by atoms with Gasteiger partial charge in [0.05, 0.1) is 0 Å². The molecule has 2 rings (SSSR count). The Morgan fingerprint density at radius 1 is 1.08 bits per heavy atom. The van der Waals surface area contributed by atoms with Gasteiger partial charge >= 0.3 is 81.1 Å². The summed E-state index contributed by atoms with van der Waals surface area (Å²) >= 11 is 0. The molecular formula is C12H19P. The van der Waals surface area contributed by atoms with E-state index in [2.05, 4.69) is 37.3 Å². The molecule has 0 aliphatic carbocycles. The molecule has 1 aromatic carbocycles. The van der Waals surface area contributed by atoms with Gasteiger partial charge < -0.3 is 0 Å². The maximum absolute atomic E-state index is 2.39. The van der Waals surface area contributed by atoms with E-state index in [9.17, 15) is 0 Å². The monoisotopic (exact) mass is 194 g/mol. The van der Waals surface area contributed by atoms with Crippen molar-refractivity contribution in [1.29, 1.82) is 0 Å². The molecule has 0 radical (unpaired) electrons. The van der Waals surface area contributed by atoms with E-state index in [0.29, 0.717) is 0 Å². The van der Waals surface area contributed by atoms with Crippen LogP contribution in [-0.2, 0) is 0 Å². The van der Waals surface area contributed by atoms with Gasteiger partial charge in [0.2, 0.25) is 0 Å². The van der Waals surface area contributed by atoms with Crippen LogP contribution >= 0.6 is 7.26 Å². The molecule has 0 saturated carbocycles. The zero-order valence-electron chi connectivity index (χ0n) is 8.42. The van der Waals surface area contributed by atoms with Crippen LogP contribution in [0.4, 0.5) is 0 Å². The molecule has 1 aliphatic rings. The van der Waals surface area contributed by atoms with E-state index in [0.717, 1.165) is 0 Å². The van der Waals surface area contributed by atoms with Crippen molar-refractivity contribution in [3.8, 4) is 0 Å². The van der Waals surface area contributed by atoms with Gasteiger partial charge in [0, 0.05) is 0 Å². The van der Waals surface area contributed by atoms with E-state index < -0.39 is 7.26 Å². The molecule has 1 heteroatoms. The van der Waals surface area contributed by atoms with Crippen LogP contribution in [0.25, 0.3) is 0 Å². The van der Waals surface area contributed by atoms with Gasteiger partial charge in [-0.1, -0.05) is 0 Å². The van der Waals surface area contributed by atoms with Gasteiger partial charge in [-0.3, -0.25) is 0 Å². The van der Waals surface area contributed by atoms with Gasteiger partial charge in [-0.2, -0.15) is 0 Å². The van der Waals surface area contributed by atoms with E-state index in [1.54, 1.807) is 5.30 Å². The van der Waals surface area contributed by atoms with Crippen molar-refractivity contribution in [3.05, 3.63) is 30.3 Å². The Morgan fingerprint density at radius 2 is 1.69 bits per heavy atom. The van der Waals surface area contributed by atoms with Crippen LogP contribution in [0.5, 0.6) is 0 Å². The first-order chi connectivity index (χ1) is 6.37. The molecule has 0 spiro atoms. The van der Waals surface area contributed by atoms with Crippen molar-refractivity contribution < 1.29 is 0 Å². The molecule has 0 N–H and O–H groups in total. The third-order valence-corrected chi connectivity index (χ3v) is 9.16. The van der Waals surface area contributed by atoms with Crippen LogP contribution in [0, 0.1) is 0 Å². The zero-order chi connectivity index (χ0) is 9.15. The third kappa shape index (κ3) is 1.65. The molecule has 0 amide bonds. The van der Waals surface area contributed by atoms with Crippen LogP contribution in [0.15, 0.2) is 30.3 Å². The van der Waals surface area contributed by atoms with Crippen molar-refractivity contribution in [2.24, 2.45) is 0 Å². The van der Waals surface area contributed by atoms with Crippen molar-refractivity contribution in [3.63, 3.8) is 0 Å². The van der Waals surface area contributed by atoms with Crippen LogP contribution in [0.2, 0.25) is 0 Å². The van der Waals surface area contributed by atoms with Crippen molar-refractivity contribution >= 4 is 12.6 Å². The summed E-state index contributed by atoms with van der Waals surface area (Å²) in [7, 11) is -0.982. The van der Waals surface area contributed by atoms with E-state index in [4.69, 9.17) is 0 Å². The molecule has 13 heavy (non-hydrogen) atoms.